The van der Waals surface area contributed by atoms with Gasteiger partial charge in [0.05, 0.1) is 30.7 Å². The molecule has 0 aromatic heterocycles. The van der Waals surface area contributed by atoms with E-state index in [2.05, 4.69) is 70.5 Å². The maximum absolute atomic E-state index is 7.15. The zero-order valence-corrected chi connectivity index (χ0v) is 30.3. The summed E-state index contributed by atoms with van der Waals surface area (Å²) < 4.78 is 7.15. The van der Waals surface area contributed by atoms with E-state index in [4.69, 9.17) is 4.74 Å². The third kappa shape index (κ3) is 7.20. The number of hydrogen-bond donors (Lipinski definition) is 3. The molecule has 2 aromatic carbocycles. The van der Waals surface area contributed by atoms with Crippen LogP contribution in [0.25, 0.3) is 0 Å². The van der Waals surface area contributed by atoms with Gasteiger partial charge in [0.15, 0.2) is 0 Å². The third-order valence-corrected chi connectivity index (χ3v) is 15.3. The number of rotatable bonds is 6. The Morgan fingerprint density at radius 2 is 1.04 bits per heavy atom. The van der Waals surface area contributed by atoms with Crippen LogP contribution in [0.1, 0.15) is 163 Å². The fraction of sp³-hybridized carbons (Fsp3) is 0.733. The average Bonchev–Trinajstić information content (AvgIpc) is 3.56. The first-order chi connectivity index (χ1) is 24.2. The molecule has 5 saturated carbocycles. The third-order valence-electron chi connectivity index (χ3n) is 15.3. The van der Waals surface area contributed by atoms with Crippen LogP contribution in [0, 0.1) is 35.5 Å². The zero-order valence-electron chi connectivity index (χ0n) is 30.3. The van der Waals surface area contributed by atoms with E-state index >= 15 is 0 Å². The van der Waals surface area contributed by atoms with Gasteiger partial charge in [0.25, 0.3) is 0 Å². The van der Waals surface area contributed by atoms with Crippen molar-refractivity contribution >= 4 is 0 Å². The van der Waals surface area contributed by atoms with Crippen molar-refractivity contribution < 1.29 is 4.74 Å². The van der Waals surface area contributed by atoms with Gasteiger partial charge in [0.1, 0.15) is 0 Å². The highest BCUT2D eigenvalue weighted by Gasteiger charge is 2.50. The van der Waals surface area contributed by atoms with Crippen LogP contribution in [0.4, 0.5) is 0 Å². The Morgan fingerprint density at radius 3 is 1.80 bits per heavy atom. The minimum atomic E-state index is 0.215. The Bertz CT molecular complexity index is 1350. The highest BCUT2D eigenvalue weighted by atomic mass is 16.5. The second-order valence-electron chi connectivity index (χ2n) is 18.0. The Kier molecular flexibility index (Phi) is 10.2. The van der Waals surface area contributed by atoms with E-state index in [1.54, 1.807) is 11.1 Å². The van der Waals surface area contributed by atoms with Gasteiger partial charge in [-0.25, -0.2) is 0 Å². The van der Waals surface area contributed by atoms with Crippen LogP contribution in [-0.4, -0.2) is 24.5 Å². The molecule has 266 valence electrons. The summed E-state index contributed by atoms with van der Waals surface area (Å²) in [5.41, 5.74) is 4.65. The van der Waals surface area contributed by atoms with E-state index < -0.39 is 0 Å². The number of ether oxygens (including phenoxy) is 1. The molecular weight excluding hydrogens is 599 g/mol. The predicted molar refractivity (Wildman–Crippen MR) is 200 cm³/mol. The summed E-state index contributed by atoms with van der Waals surface area (Å²) in [7, 11) is 0. The lowest BCUT2D eigenvalue weighted by Gasteiger charge is -2.47. The van der Waals surface area contributed by atoms with Crippen molar-refractivity contribution in [3.63, 3.8) is 0 Å². The molecule has 0 radical (unpaired) electrons. The molecule has 9 rings (SSSR count). The van der Waals surface area contributed by atoms with E-state index in [1.807, 2.05) is 0 Å². The van der Waals surface area contributed by atoms with Gasteiger partial charge in [0.2, 0.25) is 0 Å². The molecule has 49 heavy (non-hydrogen) atoms. The minimum absolute atomic E-state index is 0.215. The largest absolute Gasteiger partial charge is 0.374 e. The van der Waals surface area contributed by atoms with E-state index in [9.17, 15) is 0 Å². The number of benzene rings is 2. The fourth-order valence-electron chi connectivity index (χ4n) is 12.6. The summed E-state index contributed by atoms with van der Waals surface area (Å²) in [6.45, 7) is 0. The van der Waals surface area contributed by atoms with Gasteiger partial charge in [-0.05, 0) is 128 Å². The summed E-state index contributed by atoms with van der Waals surface area (Å²) in [6.07, 6.45) is 29.8. The molecule has 4 heteroatoms. The van der Waals surface area contributed by atoms with Crippen LogP contribution in [-0.2, 0) is 4.74 Å². The van der Waals surface area contributed by atoms with Gasteiger partial charge < -0.3 is 4.74 Å². The summed E-state index contributed by atoms with van der Waals surface area (Å²) in [5, 5.41) is 12.2. The van der Waals surface area contributed by atoms with Crippen LogP contribution in [0.5, 0.6) is 0 Å². The molecule has 11 atom stereocenters. The van der Waals surface area contributed by atoms with Crippen molar-refractivity contribution in [1.29, 1.82) is 0 Å². The molecule has 0 amide bonds. The predicted octanol–water partition coefficient (Wildman–Crippen LogP) is 10.3. The SMILES string of the molecule is c1ccc(C2NC(C3CCCCC3)NC(C3CCC4C(C3)OC3CC(c5cccc(C6CCCC(C7CCCCC7)C6)c5)CCC34)N2)cc1. The molecule has 5 aliphatic carbocycles. The standard InChI is InChI=1S/C45H65N3O/c1-4-12-30(13-5-1)33-18-10-19-34(26-33)35-20-11-21-36(27-35)37-22-24-39-40-25-23-38(29-42(40)49-41(39)28-37)45-47-43(31-14-6-2-7-15-31)46-44(48-45)32-16-8-3-9-17-32/h2,6-7,11,14-15,20-21,27,30,32-34,37-48H,1,3-5,8-10,12-13,16-19,22-26,28-29H2. The summed E-state index contributed by atoms with van der Waals surface area (Å²) in [4.78, 5) is 0. The van der Waals surface area contributed by atoms with E-state index in [0.717, 1.165) is 35.5 Å². The molecule has 2 aromatic rings. The maximum Gasteiger partial charge on any atom is 0.0859 e. The summed E-state index contributed by atoms with van der Waals surface area (Å²) >= 11 is 0. The van der Waals surface area contributed by atoms with Crippen LogP contribution in [0.2, 0.25) is 0 Å². The van der Waals surface area contributed by atoms with Crippen molar-refractivity contribution in [2.75, 3.05) is 0 Å². The number of hydrogen-bond acceptors (Lipinski definition) is 4. The molecule has 3 N–H and O–H groups in total. The first-order valence-corrected chi connectivity index (χ1v) is 21.3. The molecule has 2 saturated heterocycles. The normalized spacial score (nSPS) is 40.8. The molecule has 11 unspecified atom stereocenters. The van der Waals surface area contributed by atoms with E-state index in [1.165, 1.54) is 134 Å². The first-order valence-electron chi connectivity index (χ1n) is 21.3. The van der Waals surface area contributed by atoms with Crippen LogP contribution < -0.4 is 16.0 Å². The maximum atomic E-state index is 7.15. The van der Waals surface area contributed by atoms with Gasteiger partial charge in [-0.2, -0.15) is 0 Å². The van der Waals surface area contributed by atoms with Crippen molar-refractivity contribution in [2.45, 2.75) is 171 Å². The Hall–Kier alpha value is -1.72. The summed E-state index contributed by atoms with van der Waals surface area (Å²) in [6, 6.07) is 21.1. The van der Waals surface area contributed by atoms with Crippen LogP contribution in [0.15, 0.2) is 54.6 Å². The lowest BCUT2D eigenvalue weighted by atomic mass is 9.67. The van der Waals surface area contributed by atoms with Gasteiger partial charge >= 0.3 is 0 Å². The smallest absolute Gasteiger partial charge is 0.0859 e. The second kappa shape index (κ2) is 15.1. The van der Waals surface area contributed by atoms with Crippen molar-refractivity contribution in [3.05, 3.63) is 71.3 Å². The van der Waals surface area contributed by atoms with Gasteiger partial charge in [-0.1, -0.05) is 119 Å². The molecular formula is C45H65N3O. The highest BCUT2D eigenvalue weighted by molar-refractivity contribution is 5.30. The minimum Gasteiger partial charge on any atom is -0.374 e. The molecule has 7 aliphatic rings. The van der Waals surface area contributed by atoms with Gasteiger partial charge in [0, 0.05) is 0 Å². The Balaban J connectivity index is 0.842. The highest BCUT2D eigenvalue weighted by Crippen LogP contribution is 2.52. The molecule has 2 aliphatic heterocycles. The van der Waals surface area contributed by atoms with Crippen LogP contribution >= 0.6 is 0 Å². The first kappa shape index (κ1) is 33.1. The lowest BCUT2D eigenvalue weighted by molar-refractivity contribution is -0.0191. The number of fused-ring (bicyclic) bond motifs is 3. The van der Waals surface area contributed by atoms with Crippen molar-refractivity contribution in [1.82, 2.24) is 16.0 Å². The average molecular weight is 664 g/mol. The Morgan fingerprint density at radius 1 is 0.429 bits per heavy atom. The monoisotopic (exact) mass is 664 g/mol. The second-order valence-corrected chi connectivity index (χ2v) is 18.0. The van der Waals surface area contributed by atoms with E-state index in [-0.39, 0.29) is 6.17 Å². The van der Waals surface area contributed by atoms with E-state index in [0.29, 0.717) is 36.4 Å². The van der Waals surface area contributed by atoms with Crippen molar-refractivity contribution in [3.8, 4) is 0 Å². The molecule has 0 bridgehead atoms. The molecule has 0 spiro atoms. The molecule has 4 nitrogen and oxygen atoms in total. The number of nitrogens with one attached hydrogen (secondary N) is 3. The quantitative estimate of drug-likeness (QED) is 0.288. The van der Waals surface area contributed by atoms with Crippen LogP contribution in [0.3, 0.4) is 0 Å². The fourth-order valence-corrected chi connectivity index (χ4v) is 12.6. The van der Waals surface area contributed by atoms with Gasteiger partial charge in [-0.3, -0.25) is 16.0 Å². The Labute approximate surface area is 297 Å². The lowest BCUT2D eigenvalue weighted by Crippen LogP contribution is -2.67. The summed E-state index contributed by atoms with van der Waals surface area (Å²) in [5.74, 6) is 6.37. The topological polar surface area (TPSA) is 45.3 Å². The molecule has 7 fully saturated rings. The van der Waals surface area contributed by atoms with Crippen molar-refractivity contribution in [2.24, 2.45) is 35.5 Å². The zero-order chi connectivity index (χ0) is 32.6. The van der Waals surface area contributed by atoms with Gasteiger partial charge in [-0.15, -0.1) is 0 Å². The molecule has 2 heterocycles.